The van der Waals surface area contributed by atoms with Crippen LogP contribution in [0.5, 0.6) is 0 Å². The topological polar surface area (TPSA) is 42.7 Å². The number of nitrogens with zero attached hydrogens (tertiary/aromatic N) is 4. The molecule has 4 rings (SSSR count). The standard InChI is InChI=1S/C18H20N4OS/c1-2-6-15(7-3-1)12-21-10-11-23-16(13-21)14-24-18-20-19-17-8-4-5-9-22(17)18/h1-9,16H,10-14H2. The average molecular weight is 340 g/mol. The number of aromatic nitrogens is 3. The Morgan fingerprint density at radius 1 is 1.08 bits per heavy atom. The van der Waals surface area contributed by atoms with Crippen molar-refractivity contribution in [2.45, 2.75) is 17.8 Å². The van der Waals surface area contributed by atoms with Crippen molar-refractivity contribution >= 4 is 17.4 Å². The minimum absolute atomic E-state index is 0.225. The third-order valence-electron chi connectivity index (χ3n) is 4.15. The maximum Gasteiger partial charge on any atom is 0.195 e. The third-order valence-corrected chi connectivity index (χ3v) is 5.23. The first-order valence-corrected chi connectivity index (χ1v) is 9.17. The minimum Gasteiger partial charge on any atom is -0.375 e. The Bertz CT molecular complexity index is 792. The molecular weight excluding hydrogens is 320 g/mol. The fraction of sp³-hybridized carbons (Fsp3) is 0.333. The van der Waals surface area contributed by atoms with Crippen LogP contribution >= 0.6 is 11.8 Å². The van der Waals surface area contributed by atoms with Crippen molar-refractivity contribution in [1.82, 2.24) is 19.5 Å². The van der Waals surface area contributed by atoms with Crippen molar-refractivity contribution in [1.29, 1.82) is 0 Å². The number of ether oxygens (including phenoxy) is 1. The van der Waals surface area contributed by atoms with E-state index >= 15 is 0 Å². The van der Waals surface area contributed by atoms with E-state index in [0.29, 0.717) is 0 Å². The summed E-state index contributed by atoms with van der Waals surface area (Å²) in [5.74, 6) is 0.890. The lowest BCUT2D eigenvalue weighted by molar-refractivity contribution is -0.0187. The molecule has 5 nitrogen and oxygen atoms in total. The van der Waals surface area contributed by atoms with Gasteiger partial charge in [-0.3, -0.25) is 9.30 Å². The molecule has 0 spiro atoms. The van der Waals surface area contributed by atoms with Crippen LogP contribution < -0.4 is 0 Å². The summed E-state index contributed by atoms with van der Waals surface area (Å²) in [6.45, 7) is 3.72. The summed E-state index contributed by atoms with van der Waals surface area (Å²) in [6.07, 6.45) is 2.23. The number of thioether (sulfide) groups is 1. The van der Waals surface area contributed by atoms with Crippen LogP contribution in [0.3, 0.4) is 0 Å². The number of morpholine rings is 1. The number of hydrogen-bond acceptors (Lipinski definition) is 5. The molecule has 1 atom stereocenters. The molecule has 1 aliphatic heterocycles. The zero-order valence-electron chi connectivity index (χ0n) is 13.4. The molecule has 0 N–H and O–H groups in total. The minimum atomic E-state index is 0.225. The number of fused-ring (bicyclic) bond motifs is 1. The summed E-state index contributed by atoms with van der Waals surface area (Å²) in [5, 5.41) is 9.39. The monoisotopic (exact) mass is 340 g/mol. The molecule has 3 heterocycles. The molecule has 1 aromatic carbocycles. The van der Waals surface area contributed by atoms with E-state index in [1.807, 2.05) is 28.8 Å². The van der Waals surface area contributed by atoms with Crippen LogP contribution in [-0.2, 0) is 11.3 Å². The molecule has 124 valence electrons. The van der Waals surface area contributed by atoms with Gasteiger partial charge >= 0.3 is 0 Å². The van der Waals surface area contributed by atoms with Crippen LogP contribution in [0.2, 0.25) is 0 Å². The SMILES string of the molecule is c1ccc(CN2CCOC(CSc3nnc4ccccn34)C2)cc1. The van der Waals surface area contributed by atoms with Gasteiger partial charge in [-0.05, 0) is 17.7 Å². The van der Waals surface area contributed by atoms with Gasteiger partial charge in [-0.1, -0.05) is 48.2 Å². The van der Waals surface area contributed by atoms with Crippen LogP contribution in [0.1, 0.15) is 5.56 Å². The van der Waals surface area contributed by atoms with E-state index in [4.69, 9.17) is 4.74 Å². The molecular formula is C18H20N4OS. The molecule has 1 aliphatic rings. The summed E-state index contributed by atoms with van der Waals surface area (Å²) >= 11 is 1.71. The number of benzene rings is 1. The molecule has 1 fully saturated rings. The zero-order valence-corrected chi connectivity index (χ0v) is 14.2. The second kappa shape index (κ2) is 7.34. The quantitative estimate of drug-likeness (QED) is 0.668. The molecule has 1 unspecified atom stereocenters. The van der Waals surface area contributed by atoms with Crippen LogP contribution in [-0.4, -0.2) is 51.1 Å². The van der Waals surface area contributed by atoms with Gasteiger partial charge in [0.15, 0.2) is 10.8 Å². The van der Waals surface area contributed by atoms with Gasteiger partial charge in [-0.15, -0.1) is 10.2 Å². The Morgan fingerprint density at radius 3 is 2.88 bits per heavy atom. The second-order valence-corrected chi connectivity index (χ2v) is 6.92. The van der Waals surface area contributed by atoms with Gasteiger partial charge in [0.25, 0.3) is 0 Å². The molecule has 0 bridgehead atoms. The normalized spacial score (nSPS) is 18.9. The Morgan fingerprint density at radius 2 is 1.96 bits per heavy atom. The van der Waals surface area contributed by atoms with Crippen LogP contribution in [0.15, 0.2) is 59.9 Å². The molecule has 24 heavy (non-hydrogen) atoms. The maximum atomic E-state index is 5.94. The van der Waals surface area contributed by atoms with Crippen molar-refractivity contribution in [2.75, 3.05) is 25.4 Å². The highest BCUT2D eigenvalue weighted by Crippen LogP contribution is 2.20. The summed E-state index contributed by atoms with van der Waals surface area (Å²) < 4.78 is 7.96. The smallest absolute Gasteiger partial charge is 0.195 e. The molecule has 0 radical (unpaired) electrons. The van der Waals surface area contributed by atoms with Gasteiger partial charge < -0.3 is 4.74 Å². The van der Waals surface area contributed by atoms with E-state index in [2.05, 4.69) is 45.4 Å². The second-order valence-electron chi connectivity index (χ2n) is 5.94. The van der Waals surface area contributed by atoms with Crippen molar-refractivity contribution in [3.63, 3.8) is 0 Å². The number of hydrogen-bond donors (Lipinski definition) is 0. The van der Waals surface area contributed by atoms with E-state index in [1.165, 1.54) is 5.56 Å². The van der Waals surface area contributed by atoms with E-state index in [9.17, 15) is 0 Å². The Labute approximate surface area is 145 Å². The maximum absolute atomic E-state index is 5.94. The highest BCUT2D eigenvalue weighted by molar-refractivity contribution is 7.99. The first-order chi connectivity index (χ1) is 11.9. The highest BCUT2D eigenvalue weighted by Gasteiger charge is 2.21. The largest absolute Gasteiger partial charge is 0.375 e. The van der Waals surface area contributed by atoms with Gasteiger partial charge in [-0.25, -0.2) is 0 Å². The molecule has 0 amide bonds. The molecule has 1 saturated heterocycles. The summed E-state index contributed by atoms with van der Waals surface area (Å²) in [7, 11) is 0. The van der Waals surface area contributed by atoms with Crippen LogP contribution in [0.25, 0.3) is 5.65 Å². The number of pyridine rings is 1. The molecule has 0 saturated carbocycles. The fourth-order valence-corrected chi connectivity index (χ4v) is 3.88. The van der Waals surface area contributed by atoms with Crippen molar-refractivity contribution < 1.29 is 4.74 Å². The van der Waals surface area contributed by atoms with Crippen LogP contribution in [0.4, 0.5) is 0 Å². The first kappa shape index (κ1) is 15.6. The van der Waals surface area contributed by atoms with Crippen molar-refractivity contribution in [2.24, 2.45) is 0 Å². The predicted octanol–water partition coefficient (Wildman–Crippen LogP) is 2.72. The van der Waals surface area contributed by atoms with E-state index in [-0.39, 0.29) is 6.10 Å². The molecule has 6 heteroatoms. The first-order valence-electron chi connectivity index (χ1n) is 8.19. The fourth-order valence-electron chi connectivity index (χ4n) is 2.95. The highest BCUT2D eigenvalue weighted by atomic mass is 32.2. The summed E-state index contributed by atoms with van der Waals surface area (Å²) in [6, 6.07) is 16.6. The lowest BCUT2D eigenvalue weighted by atomic mass is 10.2. The number of rotatable bonds is 5. The molecule has 2 aromatic heterocycles. The Kier molecular flexibility index (Phi) is 4.78. The molecule has 3 aromatic rings. The van der Waals surface area contributed by atoms with Crippen molar-refractivity contribution in [3.8, 4) is 0 Å². The average Bonchev–Trinajstić information content (AvgIpc) is 3.04. The lowest BCUT2D eigenvalue weighted by Crippen LogP contribution is -2.43. The van der Waals surface area contributed by atoms with E-state index in [1.54, 1.807) is 11.8 Å². The molecule has 0 aliphatic carbocycles. The van der Waals surface area contributed by atoms with Gasteiger partial charge in [-0.2, -0.15) is 0 Å². The summed E-state index contributed by atoms with van der Waals surface area (Å²) in [4.78, 5) is 2.46. The van der Waals surface area contributed by atoms with Gasteiger partial charge in [0.2, 0.25) is 0 Å². The van der Waals surface area contributed by atoms with Gasteiger partial charge in [0.05, 0.1) is 12.7 Å². The zero-order chi connectivity index (χ0) is 16.2. The van der Waals surface area contributed by atoms with E-state index < -0.39 is 0 Å². The van der Waals surface area contributed by atoms with E-state index in [0.717, 1.165) is 42.8 Å². The van der Waals surface area contributed by atoms with Gasteiger partial charge in [0, 0.05) is 31.6 Å². The van der Waals surface area contributed by atoms with Crippen LogP contribution in [0, 0.1) is 0 Å². The Hall–Kier alpha value is -1.89. The van der Waals surface area contributed by atoms with Gasteiger partial charge in [0.1, 0.15) is 0 Å². The van der Waals surface area contributed by atoms with Crippen molar-refractivity contribution in [3.05, 3.63) is 60.3 Å². The Balaban J connectivity index is 1.35. The third kappa shape index (κ3) is 3.61. The predicted molar refractivity (Wildman–Crippen MR) is 95.2 cm³/mol. The summed E-state index contributed by atoms with van der Waals surface area (Å²) in [5.41, 5.74) is 2.24. The lowest BCUT2D eigenvalue weighted by Gasteiger charge is -2.32.